The van der Waals surface area contributed by atoms with E-state index in [0.717, 1.165) is 58.3 Å². The van der Waals surface area contributed by atoms with Crippen molar-refractivity contribution in [2.24, 2.45) is 5.92 Å². The third-order valence-electron chi connectivity index (χ3n) is 8.42. The fraction of sp³-hybridized carbons (Fsp3) is 0.594. The highest BCUT2D eigenvalue weighted by atomic mass is 16.5. The molecule has 6 atom stereocenters. The molecule has 0 bridgehead atoms. The second-order valence-corrected chi connectivity index (χ2v) is 11.1. The quantitative estimate of drug-likeness (QED) is 0.144. The second-order valence-electron chi connectivity index (χ2n) is 11.1. The van der Waals surface area contributed by atoms with Gasteiger partial charge in [0.1, 0.15) is 0 Å². The Labute approximate surface area is 252 Å². The number of ether oxygens (including phenoxy) is 2. The normalized spacial score (nSPS) is 21.6. The van der Waals surface area contributed by atoms with Gasteiger partial charge in [0.15, 0.2) is 12.2 Å². The molecule has 0 amide bonds. The van der Waals surface area contributed by atoms with Crippen molar-refractivity contribution in [3.05, 3.63) is 48.2 Å². The van der Waals surface area contributed by atoms with Crippen LogP contribution in [0.4, 0.5) is 0 Å². The molecule has 238 valence electrons. The number of hydrogen-bond acceptors (Lipinski definition) is 8. The fourth-order valence-electron chi connectivity index (χ4n) is 6.31. The number of benzene rings is 1. The van der Waals surface area contributed by atoms with Crippen LogP contribution in [0.15, 0.2) is 37.1 Å². The highest BCUT2D eigenvalue weighted by Crippen LogP contribution is 2.45. The molecule has 2 heterocycles. The summed E-state index contributed by atoms with van der Waals surface area (Å²) in [5, 5.41) is 33.9. The molecule has 1 saturated heterocycles. The van der Waals surface area contributed by atoms with E-state index in [1.165, 1.54) is 22.0 Å². The van der Waals surface area contributed by atoms with Crippen LogP contribution in [0.3, 0.4) is 0 Å². The minimum atomic E-state index is -2.27. The average Bonchev–Trinajstić information content (AvgIpc) is 3.35. The van der Waals surface area contributed by atoms with Crippen LogP contribution in [-0.4, -0.2) is 98.5 Å². The van der Waals surface area contributed by atoms with Gasteiger partial charge in [0.2, 0.25) is 0 Å². The third-order valence-corrected chi connectivity index (χ3v) is 8.42. The Morgan fingerprint density at radius 2 is 1.81 bits per heavy atom. The van der Waals surface area contributed by atoms with E-state index in [1.807, 2.05) is 13.0 Å². The highest BCUT2D eigenvalue weighted by Gasteiger charge is 2.43. The van der Waals surface area contributed by atoms with E-state index in [-0.39, 0.29) is 18.0 Å². The van der Waals surface area contributed by atoms with E-state index < -0.39 is 24.1 Å². The summed E-state index contributed by atoms with van der Waals surface area (Å²) in [6.07, 6.45) is 4.74. The number of aliphatic hydroxyl groups excluding tert-OH is 2. The molecule has 2 aromatic rings. The first-order chi connectivity index (χ1) is 20.6. The first-order valence-electron chi connectivity index (χ1n) is 15.1. The first-order valence-corrected chi connectivity index (χ1v) is 15.1. The molecule has 1 aliphatic heterocycles. The van der Waals surface area contributed by atoms with Crippen molar-refractivity contribution < 1.29 is 44.3 Å². The number of aliphatic hydroxyl groups is 2. The standard InChI is InChI=1S/C28H40N2O3.C4H6O6/c1-5-14-30-18-20-17-26-24(23-12-9-13-25(30)27(20)23)16-21(19-29(26)7-3)28(31)33-15-10-11-22(6-2)32-8-4;5-1(3(7)8)2(6)4(9)10/h5,9,12-13,18,21-22,24,26H,1,6-8,10-11,14-17,19H2,2-4H3;1-2,5-6H,(H,7,8)(H,9,10)/t21-,22?,24?,26-;/m1./s1. The lowest BCUT2D eigenvalue weighted by atomic mass is 9.72. The van der Waals surface area contributed by atoms with Gasteiger partial charge in [-0.1, -0.05) is 32.1 Å². The summed E-state index contributed by atoms with van der Waals surface area (Å²) in [4.78, 5) is 35.1. The molecule has 0 spiro atoms. The largest absolute Gasteiger partial charge is 0.479 e. The molecule has 0 saturated carbocycles. The average molecular weight is 603 g/mol. The molecule has 1 fully saturated rings. The molecule has 1 aliphatic carbocycles. The molecule has 4 N–H and O–H groups in total. The maximum Gasteiger partial charge on any atom is 0.335 e. The summed E-state index contributed by atoms with van der Waals surface area (Å²) in [6, 6.07) is 7.11. The Hall–Kier alpha value is -3.25. The van der Waals surface area contributed by atoms with Gasteiger partial charge in [-0.15, -0.1) is 6.58 Å². The topological polar surface area (TPSA) is 159 Å². The minimum Gasteiger partial charge on any atom is -0.479 e. The highest BCUT2D eigenvalue weighted by molar-refractivity contribution is 5.89. The number of hydrogen-bond donors (Lipinski definition) is 4. The number of fused-ring (bicyclic) bond motifs is 2. The number of piperidine rings is 1. The van der Waals surface area contributed by atoms with E-state index >= 15 is 0 Å². The second kappa shape index (κ2) is 16.0. The van der Waals surface area contributed by atoms with Crippen molar-refractivity contribution in [3.63, 3.8) is 0 Å². The number of esters is 1. The van der Waals surface area contributed by atoms with Crippen molar-refractivity contribution >= 4 is 28.8 Å². The molecule has 11 nitrogen and oxygen atoms in total. The van der Waals surface area contributed by atoms with Crippen LogP contribution < -0.4 is 0 Å². The lowest BCUT2D eigenvalue weighted by Crippen LogP contribution is -2.51. The van der Waals surface area contributed by atoms with Crippen LogP contribution in [0.2, 0.25) is 0 Å². The number of aromatic nitrogens is 1. The zero-order valence-electron chi connectivity index (χ0n) is 25.4. The van der Waals surface area contributed by atoms with E-state index in [2.05, 4.69) is 54.3 Å². The molecule has 1 aromatic carbocycles. The Balaban J connectivity index is 0.000000436. The summed E-state index contributed by atoms with van der Waals surface area (Å²) in [5.74, 6) is -3.26. The first kappa shape index (κ1) is 34.2. The fourth-order valence-corrected chi connectivity index (χ4v) is 6.31. The van der Waals surface area contributed by atoms with Gasteiger partial charge >= 0.3 is 17.9 Å². The van der Waals surface area contributed by atoms with Crippen molar-refractivity contribution in [1.82, 2.24) is 9.47 Å². The molecule has 0 radical (unpaired) electrons. The maximum atomic E-state index is 13.1. The summed E-state index contributed by atoms with van der Waals surface area (Å²) in [7, 11) is 0. The van der Waals surface area contributed by atoms with E-state index in [0.29, 0.717) is 18.6 Å². The zero-order valence-corrected chi connectivity index (χ0v) is 25.4. The number of likely N-dealkylation sites (N-methyl/N-ethyl adjacent to an activating group) is 1. The zero-order chi connectivity index (χ0) is 31.7. The van der Waals surface area contributed by atoms with Crippen molar-refractivity contribution in [2.75, 3.05) is 26.3 Å². The SMILES string of the molecule is C=CCn1cc2c3c(cccc31)C1C[C@@H](C(=O)OCCCC(CC)OCC)CN(CC)[C@@H]1C2.O=C(O)C(O)C(O)C(=O)O. The van der Waals surface area contributed by atoms with Crippen LogP contribution in [0.25, 0.3) is 10.9 Å². The molecular weight excluding hydrogens is 556 g/mol. The van der Waals surface area contributed by atoms with Gasteiger partial charge in [0.05, 0.1) is 18.6 Å². The van der Waals surface area contributed by atoms with Crippen LogP contribution in [-0.2, 0) is 36.8 Å². The van der Waals surface area contributed by atoms with Crippen LogP contribution in [0.1, 0.15) is 63.5 Å². The molecule has 43 heavy (non-hydrogen) atoms. The number of nitrogens with zero attached hydrogens (tertiary/aromatic N) is 2. The van der Waals surface area contributed by atoms with Crippen molar-refractivity contribution in [2.45, 2.75) is 89.7 Å². The molecule has 1 aromatic heterocycles. The molecule has 2 aliphatic rings. The Morgan fingerprint density at radius 1 is 1.12 bits per heavy atom. The Bertz CT molecular complexity index is 1240. The van der Waals surface area contributed by atoms with Crippen molar-refractivity contribution in [1.29, 1.82) is 0 Å². The number of allylic oxidation sites excluding steroid dienone is 1. The predicted octanol–water partition coefficient (Wildman–Crippen LogP) is 3.19. The van der Waals surface area contributed by atoms with Gasteiger partial charge in [0.25, 0.3) is 0 Å². The van der Waals surface area contributed by atoms with Crippen molar-refractivity contribution in [3.8, 4) is 0 Å². The van der Waals surface area contributed by atoms with Gasteiger partial charge in [-0.2, -0.15) is 0 Å². The summed E-state index contributed by atoms with van der Waals surface area (Å²) in [5.41, 5.74) is 4.12. The lowest BCUT2D eigenvalue weighted by molar-refractivity contribution is -0.165. The number of carboxylic acid groups (broad SMARTS) is 2. The lowest BCUT2D eigenvalue weighted by Gasteiger charge is -2.46. The summed E-state index contributed by atoms with van der Waals surface area (Å²) >= 11 is 0. The third kappa shape index (κ3) is 8.23. The van der Waals surface area contributed by atoms with Gasteiger partial charge in [-0.3, -0.25) is 9.69 Å². The predicted molar refractivity (Wildman–Crippen MR) is 161 cm³/mol. The van der Waals surface area contributed by atoms with E-state index in [4.69, 9.17) is 29.9 Å². The molecule has 4 rings (SSSR count). The van der Waals surface area contributed by atoms with E-state index in [1.54, 1.807) is 0 Å². The van der Waals surface area contributed by atoms with Crippen LogP contribution in [0, 0.1) is 5.92 Å². The summed E-state index contributed by atoms with van der Waals surface area (Å²) < 4.78 is 13.8. The summed E-state index contributed by atoms with van der Waals surface area (Å²) in [6.45, 7) is 14.1. The number of rotatable bonds is 14. The van der Waals surface area contributed by atoms with Gasteiger partial charge in [0, 0.05) is 48.8 Å². The van der Waals surface area contributed by atoms with Gasteiger partial charge in [-0.25, -0.2) is 9.59 Å². The molecule has 11 heteroatoms. The maximum absolute atomic E-state index is 13.1. The molecule has 4 unspecified atom stereocenters. The number of carbonyl (C=O) groups is 3. The van der Waals surface area contributed by atoms with Crippen LogP contribution in [0.5, 0.6) is 0 Å². The monoisotopic (exact) mass is 602 g/mol. The Kier molecular flexibility index (Phi) is 12.7. The van der Waals surface area contributed by atoms with Gasteiger partial charge < -0.3 is 34.5 Å². The minimum absolute atomic E-state index is 0.0291. The number of carboxylic acids is 2. The van der Waals surface area contributed by atoms with Crippen LogP contribution >= 0.6 is 0 Å². The Morgan fingerprint density at radius 3 is 2.40 bits per heavy atom. The smallest absolute Gasteiger partial charge is 0.335 e. The number of aliphatic carboxylic acids is 2. The van der Waals surface area contributed by atoms with E-state index in [9.17, 15) is 14.4 Å². The number of likely N-dealkylation sites (tertiary alicyclic amines) is 1. The molecular formula is C32H46N2O9. The van der Waals surface area contributed by atoms with Gasteiger partial charge in [-0.05, 0) is 62.8 Å². The number of carbonyl (C=O) groups excluding carboxylic acids is 1.